The number of carbonyl (C=O) groups excluding carboxylic acids is 1. The fourth-order valence-corrected chi connectivity index (χ4v) is 2.88. The van der Waals surface area contributed by atoms with E-state index in [-0.39, 0.29) is 11.9 Å². The minimum Gasteiger partial charge on any atom is -0.327 e. The summed E-state index contributed by atoms with van der Waals surface area (Å²) in [6, 6.07) is 5.32. The summed E-state index contributed by atoms with van der Waals surface area (Å²) in [7, 11) is 0. The first-order valence-electron chi connectivity index (χ1n) is 5.96. The fraction of sp³-hybridized carbons (Fsp3) is 0.462. The van der Waals surface area contributed by atoms with Gasteiger partial charge in [-0.3, -0.25) is 4.79 Å². The average Bonchev–Trinajstić information content (AvgIpc) is 2.67. The molecule has 0 heterocycles. The normalized spacial score (nSPS) is 27.2. The van der Waals surface area contributed by atoms with Crippen molar-refractivity contribution in [1.29, 1.82) is 0 Å². The van der Waals surface area contributed by atoms with E-state index in [1.807, 2.05) is 13.0 Å². The second-order valence-corrected chi connectivity index (χ2v) is 6.17. The van der Waals surface area contributed by atoms with E-state index >= 15 is 0 Å². The Bertz CT molecular complexity index is 480. The highest BCUT2D eigenvalue weighted by Gasteiger charge is 2.43. The van der Waals surface area contributed by atoms with Crippen LogP contribution in [0.5, 0.6) is 0 Å². The number of benzene rings is 1. The number of rotatable bonds is 2. The molecule has 0 spiro atoms. The van der Waals surface area contributed by atoms with Crippen molar-refractivity contribution in [3.05, 3.63) is 27.7 Å². The molecule has 1 aromatic rings. The molecule has 1 aliphatic rings. The molecule has 2 atom stereocenters. The third-order valence-electron chi connectivity index (χ3n) is 3.75. The van der Waals surface area contributed by atoms with Crippen LogP contribution in [0, 0.1) is 5.41 Å². The highest BCUT2D eigenvalue weighted by atomic mass is 79.9. The molecule has 0 aliphatic heterocycles. The van der Waals surface area contributed by atoms with Crippen molar-refractivity contribution in [3.63, 3.8) is 0 Å². The van der Waals surface area contributed by atoms with Crippen LogP contribution in [0.4, 0.5) is 5.69 Å². The molecular formula is C13H16BrClN2O. The third kappa shape index (κ3) is 2.42. The number of hydrogen-bond acceptors (Lipinski definition) is 2. The standard InChI is InChI=1S/C13H16BrClN2O/c1-13(7-3-6-10(13)16)12(18)17-9-5-2-4-8(15)11(9)14/h2,4-5,10H,3,6-7,16H2,1H3,(H,17,18). The predicted molar refractivity (Wildman–Crippen MR) is 77.7 cm³/mol. The minimum atomic E-state index is -0.484. The largest absolute Gasteiger partial charge is 0.327 e. The number of nitrogens with two attached hydrogens (primary N) is 1. The van der Waals surface area contributed by atoms with E-state index in [2.05, 4.69) is 21.2 Å². The number of amides is 1. The molecule has 18 heavy (non-hydrogen) atoms. The van der Waals surface area contributed by atoms with Crippen molar-refractivity contribution in [2.24, 2.45) is 11.1 Å². The summed E-state index contributed by atoms with van der Waals surface area (Å²) in [4.78, 5) is 12.4. The van der Waals surface area contributed by atoms with Crippen LogP contribution >= 0.6 is 27.5 Å². The van der Waals surface area contributed by atoms with Gasteiger partial charge in [-0.25, -0.2) is 0 Å². The lowest BCUT2D eigenvalue weighted by Gasteiger charge is -2.27. The summed E-state index contributed by atoms with van der Waals surface area (Å²) in [6.45, 7) is 1.93. The molecular weight excluding hydrogens is 316 g/mol. The molecule has 98 valence electrons. The quantitative estimate of drug-likeness (QED) is 0.870. The molecule has 1 amide bonds. The molecule has 1 aliphatic carbocycles. The first-order chi connectivity index (χ1) is 8.45. The van der Waals surface area contributed by atoms with Gasteiger partial charge in [0.25, 0.3) is 0 Å². The van der Waals surface area contributed by atoms with Crippen molar-refractivity contribution in [2.45, 2.75) is 32.2 Å². The molecule has 3 nitrogen and oxygen atoms in total. The van der Waals surface area contributed by atoms with E-state index in [4.69, 9.17) is 17.3 Å². The Kier molecular flexibility index (Phi) is 3.99. The number of carbonyl (C=O) groups is 1. The molecule has 1 fully saturated rings. The molecule has 0 saturated heterocycles. The van der Waals surface area contributed by atoms with Gasteiger partial charge in [-0.2, -0.15) is 0 Å². The monoisotopic (exact) mass is 330 g/mol. The van der Waals surface area contributed by atoms with Crippen LogP contribution in [-0.2, 0) is 4.79 Å². The number of nitrogens with one attached hydrogen (secondary N) is 1. The Morgan fingerprint density at radius 2 is 2.33 bits per heavy atom. The van der Waals surface area contributed by atoms with Crippen molar-refractivity contribution in [2.75, 3.05) is 5.32 Å². The highest BCUT2D eigenvalue weighted by Crippen LogP contribution is 2.39. The van der Waals surface area contributed by atoms with Gasteiger partial charge in [-0.1, -0.05) is 24.1 Å². The Morgan fingerprint density at radius 1 is 1.61 bits per heavy atom. The second kappa shape index (κ2) is 5.19. The van der Waals surface area contributed by atoms with Gasteiger partial charge in [0, 0.05) is 6.04 Å². The zero-order chi connectivity index (χ0) is 13.3. The van der Waals surface area contributed by atoms with Gasteiger partial charge >= 0.3 is 0 Å². The molecule has 0 radical (unpaired) electrons. The van der Waals surface area contributed by atoms with Gasteiger partial charge in [-0.05, 0) is 47.8 Å². The van der Waals surface area contributed by atoms with Crippen molar-refractivity contribution in [1.82, 2.24) is 0 Å². The second-order valence-electron chi connectivity index (χ2n) is 4.97. The van der Waals surface area contributed by atoms with E-state index in [0.717, 1.165) is 19.3 Å². The summed E-state index contributed by atoms with van der Waals surface area (Å²) < 4.78 is 0.704. The Balaban J connectivity index is 2.19. The topological polar surface area (TPSA) is 55.1 Å². The lowest BCUT2D eigenvalue weighted by Crippen LogP contribution is -2.44. The average molecular weight is 332 g/mol. The summed E-state index contributed by atoms with van der Waals surface area (Å²) in [6.07, 6.45) is 2.74. The molecule has 0 bridgehead atoms. The van der Waals surface area contributed by atoms with Gasteiger partial charge in [0.1, 0.15) is 0 Å². The third-order valence-corrected chi connectivity index (χ3v) is 5.15. The smallest absolute Gasteiger partial charge is 0.231 e. The van der Waals surface area contributed by atoms with Gasteiger partial charge in [0.2, 0.25) is 5.91 Å². The van der Waals surface area contributed by atoms with E-state index in [1.54, 1.807) is 12.1 Å². The molecule has 2 unspecified atom stereocenters. The fourth-order valence-electron chi connectivity index (χ4n) is 2.34. The van der Waals surface area contributed by atoms with Gasteiger partial charge < -0.3 is 11.1 Å². The lowest BCUT2D eigenvalue weighted by molar-refractivity contribution is -0.125. The maximum Gasteiger partial charge on any atom is 0.231 e. The maximum absolute atomic E-state index is 12.4. The lowest BCUT2D eigenvalue weighted by atomic mass is 9.84. The van der Waals surface area contributed by atoms with Gasteiger partial charge in [0.05, 0.1) is 20.6 Å². The van der Waals surface area contributed by atoms with Crippen LogP contribution in [-0.4, -0.2) is 11.9 Å². The minimum absolute atomic E-state index is 0.0320. The Morgan fingerprint density at radius 3 is 2.94 bits per heavy atom. The number of anilines is 1. The number of halogens is 2. The molecule has 2 rings (SSSR count). The first-order valence-corrected chi connectivity index (χ1v) is 7.13. The van der Waals surface area contributed by atoms with E-state index < -0.39 is 5.41 Å². The predicted octanol–water partition coefficient (Wildman–Crippen LogP) is 3.56. The van der Waals surface area contributed by atoms with Crippen LogP contribution in [0.25, 0.3) is 0 Å². The van der Waals surface area contributed by atoms with E-state index in [1.165, 1.54) is 0 Å². The van der Waals surface area contributed by atoms with Crippen LogP contribution in [0.2, 0.25) is 5.02 Å². The van der Waals surface area contributed by atoms with Crippen LogP contribution < -0.4 is 11.1 Å². The van der Waals surface area contributed by atoms with E-state index in [0.29, 0.717) is 15.2 Å². The van der Waals surface area contributed by atoms with Crippen LogP contribution in [0.15, 0.2) is 22.7 Å². The summed E-state index contributed by atoms with van der Waals surface area (Å²) in [5.74, 6) is -0.0320. The van der Waals surface area contributed by atoms with Gasteiger partial charge in [-0.15, -0.1) is 0 Å². The highest BCUT2D eigenvalue weighted by molar-refractivity contribution is 9.10. The van der Waals surface area contributed by atoms with Crippen LogP contribution in [0.1, 0.15) is 26.2 Å². The number of hydrogen-bond donors (Lipinski definition) is 2. The zero-order valence-corrected chi connectivity index (χ0v) is 12.5. The van der Waals surface area contributed by atoms with Crippen LogP contribution in [0.3, 0.4) is 0 Å². The molecule has 1 saturated carbocycles. The Labute approximate surface area is 120 Å². The van der Waals surface area contributed by atoms with E-state index in [9.17, 15) is 4.79 Å². The zero-order valence-electron chi connectivity index (χ0n) is 10.2. The summed E-state index contributed by atoms with van der Waals surface area (Å²) in [5.41, 5.74) is 6.24. The molecule has 5 heteroatoms. The van der Waals surface area contributed by atoms with Crippen molar-refractivity contribution >= 4 is 39.1 Å². The first kappa shape index (κ1) is 13.8. The summed E-state index contributed by atoms with van der Waals surface area (Å²) in [5, 5.41) is 3.49. The molecule has 3 N–H and O–H groups in total. The van der Waals surface area contributed by atoms with Crippen molar-refractivity contribution in [3.8, 4) is 0 Å². The maximum atomic E-state index is 12.4. The SMILES string of the molecule is CC1(C(=O)Nc2cccc(Cl)c2Br)CCCC1N. The molecule has 1 aromatic carbocycles. The van der Waals surface area contributed by atoms with Crippen molar-refractivity contribution < 1.29 is 4.79 Å². The van der Waals surface area contributed by atoms with Gasteiger partial charge in [0.15, 0.2) is 0 Å². The summed E-state index contributed by atoms with van der Waals surface area (Å²) >= 11 is 9.37. The Hall–Kier alpha value is -0.580. The molecule has 0 aromatic heterocycles.